The summed E-state index contributed by atoms with van der Waals surface area (Å²) in [7, 11) is 0. The van der Waals surface area contributed by atoms with E-state index in [-0.39, 0.29) is 40.7 Å². The summed E-state index contributed by atoms with van der Waals surface area (Å²) < 4.78 is 9.79. The molecule has 0 aliphatic heterocycles. The van der Waals surface area contributed by atoms with Gasteiger partial charge in [0.15, 0.2) is 17.2 Å². The first kappa shape index (κ1) is 22.3. The quantitative estimate of drug-likeness (QED) is 0.0878. The Hall–Kier alpha value is -2.72. The largest absolute Gasteiger partial charge is 0.462 e. The van der Waals surface area contributed by atoms with E-state index >= 15 is 0 Å². The van der Waals surface area contributed by atoms with Gasteiger partial charge in [-0.15, -0.1) is 11.8 Å². The van der Waals surface area contributed by atoms with E-state index in [1.54, 1.807) is 32.6 Å². The van der Waals surface area contributed by atoms with Crippen LogP contribution in [0.15, 0.2) is 10.0 Å². The van der Waals surface area contributed by atoms with Crippen molar-refractivity contribution in [2.75, 3.05) is 31.2 Å². The standard InChI is InChI=1S/C14H19N7O4S2/c1-5-24-11(22)8-9(20-21-14(23)25-6-2)17-12(18-10(8)26-3)19-13(27-4)16-7-15/h5-6H2,1-4H3,(H,21,23)(H2,16,17,18,19,20). The molecular weight excluding hydrogens is 394 g/mol. The summed E-state index contributed by atoms with van der Waals surface area (Å²) in [6, 6.07) is 0. The molecule has 0 radical (unpaired) electrons. The van der Waals surface area contributed by atoms with Gasteiger partial charge >= 0.3 is 12.1 Å². The number of carbonyl (C=O) groups excluding carboxylic acids is 2. The SMILES string of the molecule is CCOC(=O)NNc1nc(/N=C(/NC#N)SC)nc(SC)c1C(=O)OCC. The van der Waals surface area contributed by atoms with E-state index in [1.165, 1.54) is 23.5 Å². The van der Waals surface area contributed by atoms with Crippen LogP contribution >= 0.6 is 23.5 Å². The third-order valence-electron chi connectivity index (χ3n) is 2.65. The van der Waals surface area contributed by atoms with Crippen molar-refractivity contribution in [3.8, 4) is 6.19 Å². The molecule has 1 rings (SSSR count). The first-order valence-electron chi connectivity index (χ1n) is 7.60. The second-order valence-corrected chi connectivity index (χ2v) is 5.90. The Morgan fingerprint density at radius 3 is 2.48 bits per heavy atom. The molecule has 0 aliphatic rings. The molecule has 0 aliphatic carbocycles. The van der Waals surface area contributed by atoms with Crippen molar-refractivity contribution >= 4 is 52.5 Å². The lowest BCUT2D eigenvalue weighted by Gasteiger charge is -2.14. The van der Waals surface area contributed by atoms with Gasteiger partial charge in [0.1, 0.15) is 10.6 Å². The van der Waals surface area contributed by atoms with E-state index in [0.717, 1.165) is 0 Å². The van der Waals surface area contributed by atoms with Gasteiger partial charge in [-0.05, 0) is 26.4 Å². The van der Waals surface area contributed by atoms with Crippen LogP contribution in [0.5, 0.6) is 0 Å². The Morgan fingerprint density at radius 1 is 1.22 bits per heavy atom. The minimum Gasteiger partial charge on any atom is -0.462 e. The zero-order valence-electron chi connectivity index (χ0n) is 15.2. The van der Waals surface area contributed by atoms with Crippen molar-refractivity contribution in [2.24, 2.45) is 4.99 Å². The number of aliphatic imine (C=N–C) groups is 1. The van der Waals surface area contributed by atoms with Gasteiger partial charge in [-0.3, -0.25) is 10.7 Å². The zero-order chi connectivity index (χ0) is 20.2. The first-order valence-corrected chi connectivity index (χ1v) is 10.0. The third kappa shape index (κ3) is 6.83. The van der Waals surface area contributed by atoms with Crippen molar-refractivity contribution in [3.05, 3.63) is 5.56 Å². The van der Waals surface area contributed by atoms with Crippen LogP contribution in [0.25, 0.3) is 0 Å². The predicted molar refractivity (Wildman–Crippen MR) is 103 cm³/mol. The summed E-state index contributed by atoms with van der Waals surface area (Å²) in [5.74, 6) is -0.699. The second kappa shape index (κ2) is 11.8. The Balaban J connectivity index is 3.37. The molecule has 27 heavy (non-hydrogen) atoms. The summed E-state index contributed by atoms with van der Waals surface area (Å²) in [6.07, 6.45) is 4.43. The van der Waals surface area contributed by atoms with Crippen molar-refractivity contribution in [3.63, 3.8) is 0 Å². The van der Waals surface area contributed by atoms with Crippen molar-refractivity contribution < 1.29 is 19.1 Å². The van der Waals surface area contributed by atoms with Crippen molar-refractivity contribution in [1.29, 1.82) is 5.26 Å². The number of nitriles is 1. The van der Waals surface area contributed by atoms with Crippen LogP contribution in [0.2, 0.25) is 0 Å². The van der Waals surface area contributed by atoms with Crippen molar-refractivity contribution in [1.82, 2.24) is 20.7 Å². The molecule has 1 heterocycles. The lowest BCUT2D eigenvalue weighted by Crippen LogP contribution is -2.31. The molecule has 0 aromatic carbocycles. The number of hydrogen-bond donors (Lipinski definition) is 3. The zero-order valence-corrected chi connectivity index (χ0v) is 16.8. The molecule has 0 fully saturated rings. The molecule has 1 aromatic heterocycles. The highest BCUT2D eigenvalue weighted by Gasteiger charge is 2.23. The minimum absolute atomic E-state index is 0.0167. The average Bonchev–Trinajstić information content (AvgIpc) is 2.65. The van der Waals surface area contributed by atoms with E-state index in [1.807, 2.05) is 0 Å². The van der Waals surface area contributed by atoms with Gasteiger partial charge in [-0.1, -0.05) is 11.8 Å². The van der Waals surface area contributed by atoms with Crippen LogP contribution < -0.4 is 16.2 Å². The number of anilines is 1. The molecule has 3 N–H and O–H groups in total. The Morgan fingerprint density at radius 2 is 1.93 bits per heavy atom. The van der Waals surface area contributed by atoms with Gasteiger partial charge in [-0.25, -0.2) is 20.0 Å². The topological polar surface area (TPSA) is 151 Å². The second-order valence-electron chi connectivity index (χ2n) is 4.31. The molecule has 0 saturated heterocycles. The highest BCUT2D eigenvalue weighted by atomic mass is 32.2. The van der Waals surface area contributed by atoms with Crippen LogP contribution in [-0.4, -0.2) is 52.9 Å². The van der Waals surface area contributed by atoms with E-state index < -0.39 is 12.1 Å². The van der Waals surface area contributed by atoms with Gasteiger partial charge in [0.25, 0.3) is 5.95 Å². The van der Waals surface area contributed by atoms with Gasteiger partial charge in [0.2, 0.25) is 0 Å². The predicted octanol–water partition coefficient (Wildman–Crippen LogP) is 1.87. The minimum atomic E-state index is -0.752. The van der Waals surface area contributed by atoms with Gasteiger partial charge in [0, 0.05) is 0 Å². The normalized spacial score (nSPS) is 10.6. The maximum atomic E-state index is 12.3. The Labute approximate surface area is 164 Å². The molecule has 0 spiro atoms. The summed E-state index contributed by atoms with van der Waals surface area (Å²) >= 11 is 2.35. The number of nitrogens with one attached hydrogen (secondary N) is 3. The monoisotopic (exact) mass is 413 g/mol. The van der Waals surface area contributed by atoms with E-state index in [4.69, 9.17) is 14.7 Å². The maximum Gasteiger partial charge on any atom is 0.425 e. The van der Waals surface area contributed by atoms with Crippen LogP contribution in [0.1, 0.15) is 24.2 Å². The van der Waals surface area contributed by atoms with E-state index in [0.29, 0.717) is 0 Å². The summed E-state index contributed by atoms with van der Waals surface area (Å²) in [4.78, 5) is 36.3. The third-order valence-corrected chi connectivity index (χ3v) is 3.92. The number of thioether (sulfide) groups is 2. The molecule has 0 atom stereocenters. The summed E-state index contributed by atoms with van der Waals surface area (Å²) in [5.41, 5.74) is 4.83. The van der Waals surface area contributed by atoms with Crippen molar-refractivity contribution in [2.45, 2.75) is 18.9 Å². The molecule has 0 saturated carbocycles. The fraction of sp³-hybridized carbons (Fsp3) is 0.429. The number of rotatable bonds is 7. The molecule has 1 aromatic rings. The highest BCUT2D eigenvalue weighted by Crippen LogP contribution is 2.27. The Kier molecular flexibility index (Phi) is 9.76. The smallest absolute Gasteiger partial charge is 0.425 e. The average molecular weight is 413 g/mol. The number of aromatic nitrogens is 2. The number of hydrazine groups is 1. The number of amides is 1. The number of ether oxygens (including phenoxy) is 2. The lowest BCUT2D eigenvalue weighted by molar-refractivity contribution is 0.0522. The molecule has 146 valence electrons. The number of hydrogen-bond acceptors (Lipinski definition) is 11. The number of nitrogens with zero attached hydrogens (tertiary/aromatic N) is 4. The number of amidine groups is 1. The molecule has 13 heteroatoms. The van der Waals surface area contributed by atoms with E-state index in [2.05, 4.69) is 31.1 Å². The highest BCUT2D eigenvalue weighted by molar-refractivity contribution is 8.13. The van der Waals surface area contributed by atoms with Crippen LogP contribution in [0.4, 0.5) is 16.6 Å². The fourth-order valence-electron chi connectivity index (χ4n) is 1.65. The molecule has 0 bridgehead atoms. The lowest BCUT2D eigenvalue weighted by atomic mass is 10.3. The molecule has 0 unspecified atom stereocenters. The summed E-state index contributed by atoms with van der Waals surface area (Å²) in [5, 5.41) is 11.7. The first-order chi connectivity index (χ1) is 13.0. The summed E-state index contributed by atoms with van der Waals surface area (Å²) in [6.45, 7) is 3.64. The fourth-order valence-corrected chi connectivity index (χ4v) is 2.52. The van der Waals surface area contributed by atoms with Gasteiger partial charge < -0.3 is 9.47 Å². The number of esters is 1. The molecular formula is C14H19N7O4S2. The van der Waals surface area contributed by atoms with Crippen LogP contribution in [0, 0.1) is 11.5 Å². The van der Waals surface area contributed by atoms with E-state index in [9.17, 15) is 9.59 Å². The van der Waals surface area contributed by atoms with Gasteiger partial charge in [0.05, 0.1) is 13.2 Å². The number of carbonyl (C=O) groups is 2. The maximum absolute atomic E-state index is 12.3. The molecule has 11 nitrogen and oxygen atoms in total. The molecule has 1 amide bonds. The Bertz CT molecular complexity index is 752. The van der Waals surface area contributed by atoms with Gasteiger partial charge in [-0.2, -0.15) is 15.2 Å². The van der Waals surface area contributed by atoms with Crippen LogP contribution in [0.3, 0.4) is 0 Å². The van der Waals surface area contributed by atoms with Crippen LogP contribution in [-0.2, 0) is 9.47 Å².